The van der Waals surface area contributed by atoms with Crippen LogP contribution >= 0.6 is 11.8 Å². The van der Waals surface area contributed by atoms with E-state index in [4.69, 9.17) is 9.72 Å². The van der Waals surface area contributed by atoms with Crippen LogP contribution in [0.1, 0.15) is 57.6 Å². The highest BCUT2D eigenvalue weighted by Gasteiger charge is 2.43. The van der Waals surface area contributed by atoms with Crippen LogP contribution in [0.3, 0.4) is 0 Å². The van der Waals surface area contributed by atoms with Gasteiger partial charge in [0.1, 0.15) is 11.6 Å². The molecule has 0 unspecified atom stereocenters. The second-order valence-electron chi connectivity index (χ2n) is 9.47. The second-order valence-corrected chi connectivity index (χ2v) is 10.5. The lowest BCUT2D eigenvalue weighted by Gasteiger charge is -2.38. The average molecular weight is 440 g/mol. The number of aromatic nitrogens is 2. The first-order chi connectivity index (χ1) is 14.7. The van der Waals surface area contributed by atoms with Crippen LogP contribution in [-0.4, -0.2) is 28.6 Å². The Bertz CT molecular complexity index is 1120. The molecule has 0 bridgehead atoms. The van der Waals surface area contributed by atoms with Gasteiger partial charge in [-0.15, -0.1) is 0 Å². The van der Waals surface area contributed by atoms with Crippen molar-refractivity contribution < 1.29 is 9.53 Å². The molecule has 0 saturated heterocycles. The van der Waals surface area contributed by atoms with E-state index in [1.807, 2.05) is 24.3 Å². The van der Waals surface area contributed by atoms with Crippen molar-refractivity contribution in [2.75, 3.05) is 18.2 Å². The molecule has 4 rings (SSSR count). The van der Waals surface area contributed by atoms with E-state index in [0.29, 0.717) is 40.2 Å². The summed E-state index contributed by atoms with van der Waals surface area (Å²) in [4.78, 5) is 34.3. The lowest BCUT2D eigenvalue weighted by molar-refractivity contribution is -0.118. The normalized spacial score (nSPS) is 19.7. The van der Waals surface area contributed by atoms with E-state index in [1.165, 1.54) is 11.8 Å². The number of Topliss-reactive ketones (excluding diaryl/α,β-unsaturated/α-hetero) is 1. The fraction of sp³-hybridized carbons (Fsp3) is 0.458. The molecule has 2 aromatic rings. The van der Waals surface area contributed by atoms with Crippen molar-refractivity contribution in [3.8, 4) is 5.75 Å². The van der Waals surface area contributed by atoms with Crippen LogP contribution in [0.2, 0.25) is 0 Å². The minimum absolute atomic E-state index is 0.0676. The Labute approximate surface area is 186 Å². The van der Waals surface area contributed by atoms with Gasteiger partial charge in [-0.05, 0) is 23.8 Å². The van der Waals surface area contributed by atoms with Crippen LogP contribution in [0, 0.1) is 11.3 Å². The number of anilines is 1. The number of aromatic amines is 1. The van der Waals surface area contributed by atoms with Gasteiger partial charge >= 0.3 is 0 Å². The van der Waals surface area contributed by atoms with Crippen LogP contribution < -0.4 is 15.6 Å². The number of fused-ring (bicyclic) bond motifs is 1. The van der Waals surface area contributed by atoms with Gasteiger partial charge < -0.3 is 15.0 Å². The third kappa shape index (κ3) is 4.15. The third-order valence-electron chi connectivity index (χ3n) is 5.70. The van der Waals surface area contributed by atoms with E-state index in [1.54, 1.807) is 7.11 Å². The number of hydrogen-bond donors (Lipinski definition) is 2. The van der Waals surface area contributed by atoms with Crippen LogP contribution in [0.4, 0.5) is 5.82 Å². The Hall–Kier alpha value is -2.54. The fourth-order valence-electron chi connectivity index (χ4n) is 4.42. The molecule has 0 fully saturated rings. The van der Waals surface area contributed by atoms with Gasteiger partial charge in [0.15, 0.2) is 10.9 Å². The zero-order valence-electron chi connectivity index (χ0n) is 18.7. The summed E-state index contributed by atoms with van der Waals surface area (Å²) < 4.78 is 5.61. The molecule has 1 aromatic carbocycles. The number of hydrogen-bond acceptors (Lipinski definition) is 6. The molecule has 1 aromatic heterocycles. The zero-order valence-corrected chi connectivity index (χ0v) is 19.5. The largest absolute Gasteiger partial charge is 0.496 e. The highest BCUT2D eigenvalue weighted by molar-refractivity contribution is 7.99. The molecule has 0 saturated carbocycles. The highest BCUT2D eigenvalue weighted by Crippen LogP contribution is 2.49. The first-order valence-corrected chi connectivity index (χ1v) is 11.6. The van der Waals surface area contributed by atoms with Crippen molar-refractivity contribution in [1.29, 1.82) is 0 Å². The minimum Gasteiger partial charge on any atom is -0.496 e. The van der Waals surface area contributed by atoms with Crippen molar-refractivity contribution in [1.82, 2.24) is 9.97 Å². The Morgan fingerprint density at radius 1 is 1.23 bits per heavy atom. The number of methoxy groups -OCH3 is 1. The summed E-state index contributed by atoms with van der Waals surface area (Å²) in [5.74, 6) is 2.09. The predicted molar refractivity (Wildman–Crippen MR) is 124 cm³/mol. The van der Waals surface area contributed by atoms with Gasteiger partial charge in [0, 0.05) is 29.0 Å². The number of nitrogens with zero attached hydrogens (tertiary/aromatic N) is 1. The maximum absolute atomic E-state index is 13.3. The summed E-state index contributed by atoms with van der Waals surface area (Å²) in [7, 11) is 1.61. The number of para-hydroxylation sites is 1. The lowest BCUT2D eigenvalue weighted by Crippen LogP contribution is -2.37. The summed E-state index contributed by atoms with van der Waals surface area (Å²) in [5, 5.41) is 3.96. The molecule has 2 aliphatic rings. The van der Waals surface area contributed by atoms with Crippen molar-refractivity contribution in [2.45, 2.75) is 51.6 Å². The molecule has 6 nitrogen and oxygen atoms in total. The minimum atomic E-state index is -0.508. The molecule has 0 spiro atoms. The van der Waals surface area contributed by atoms with Gasteiger partial charge in [0.2, 0.25) is 0 Å². The topological polar surface area (TPSA) is 84.1 Å². The number of allylic oxidation sites excluding steroid dienone is 2. The molecule has 7 heteroatoms. The van der Waals surface area contributed by atoms with E-state index in [2.05, 4.69) is 38.0 Å². The van der Waals surface area contributed by atoms with Crippen LogP contribution in [0.25, 0.3) is 0 Å². The van der Waals surface area contributed by atoms with Crippen molar-refractivity contribution in [3.05, 3.63) is 57.0 Å². The summed E-state index contributed by atoms with van der Waals surface area (Å²) in [5.41, 5.74) is 2.44. The maximum atomic E-state index is 13.3. The SMILES string of the molecule is COc1ccccc1[C@H]1C2=C(CC(C)(C)CC2=O)Nc2nc(SCC(C)C)[nH]c(=O)c21. The molecule has 1 atom stereocenters. The van der Waals surface area contributed by atoms with Gasteiger partial charge in [0.05, 0.1) is 18.6 Å². The Morgan fingerprint density at radius 3 is 2.68 bits per heavy atom. The third-order valence-corrected chi connectivity index (χ3v) is 7.00. The number of rotatable bonds is 5. The monoisotopic (exact) mass is 439 g/mol. The zero-order chi connectivity index (χ0) is 22.3. The number of ether oxygens (including phenoxy) is 1. The van der Waals surface area contributed by atoms with Crippen LogP contribution in [0.15, 0.2) is 45.5 Å². The Balaban J connectivity index is 1.92. The predicted octanol–water partition coefficient (Wildman–Crippen LogP) is 4.73. The lowest BCUT2D eigenvalue weighted by atomic mass is 9.69. The number of carbonyl (C=O) groups excluding carboxylic acids is 1. The van der Waals surface area contributed by atoms with E-state index in [-0.39, 0.29) is 16.8 Å². The van der Waals surface area contributed by atoms with Gasteiger partial charge in [-0.1, -0.05) is 57.7 Å². The molecular weight excluding hydrogens is 410 g/mol. The molecule has 2 heterocycles. The average Bonchev–Trinajstić information content (AvgIpc) is 2.69. The number of nitrogens with one attached hydrogen (secondary N) is 2. The number of carbonyl (C=O) groups is 1. The fourth-order valence-corrected chi connectivity index (χ4v) is 5.24. The Kier molecular flexibility index (Phi) is 5.73. The standard InChI is InChI=1S/C24H29N3O3S/c1-13(2)12-31-23-26-21-20(22(29)27-23)18(14-8-6-7-9-17(14)30-5)19-15(25-21)10-24(3,4)11-16(19)28/h6-9,13,18H,10-12H2,1-5H3,(H2,25,26,27,29)/t18-/m0/s1. The first kappa shape index (κ1) is 21.7. The van der Waals surface area contributed by atoms with Crippen molar-refractivity contribution in [2.24, 2.45) is 11.3 Å². The van der Waals surface area contributed by atoms with E-state index < -0.39 is 5.92 Å². The number of benzene rings is 1. The van der Waals surface area contributed by atoms with Crippen molar-refractivity contribution >= 4 is 23.4 Å². The molecular formula is C24H29N3O3S. The maximum Gasteiger partial charge on any atom is 0.257 e. The van der Waals surface area contributed by atoms with Gasteiger partial charge in [-0.25, -0.2) is 4.98 Å². The summed E-state index contributed by atoms with van der Waals surface area (Å²) >= 11 is 1.54. The van der Waals surface area contributed by atoms with Gasteiger partial charge in [0.25, 0.3) is 5.56 Å². The number of H-pyrrole nitrogens is 1. The van der Waals surface area contributed by atoms with Gasteiger partial charge in [-0.3, -0.25) is 9.59 Å². The first-order valence-electron chi connectivity index (χ1n) is 10.6. The van der Waals surface area contributed by atoms with Crippen LogP contribution in [0.5, 0.6) is 5.75 Å². The molecule has 164 valence electrons. The van der Waals surface area contributed by atoms with E-state index in [0.717, 1.165) is 23.4 Å². The smallest absolute Gasteiger partial charge is 0.257 e. The summed E-state index contributed by atoms with van der Waals surface area (Å²) in [6.07, 6.45) is 1.17. The van der Waals surface area contributed by atoms with E-state index >= 15 is 0 Å². The molecule has 31 heavy (non-hydrogen) atoms. The molecule has 2 N–H and O–H groups in total. The van der Waals surface area contributed by atoms with Crippen LogP contribution in [-0.2, 0) is 4.79 Å². The van der Waals surface area contributed by atoms with Crippen molar-refractivity contribution in [3.63, 3.8) is 0 Å². The van der Waals surface area contributed by atoms with E-state index in [9.17, 15) is 9.59 Å². The highest BCUT2D eigenvalue weighted by atomic mass is 32.2. The molecule has 0 radical (unpaired) electrons. The quantitative estimate of drug-likeness (QED) is 0.518. The van der Waals surface area contributed by atoms with Gasteiger partial charge in [-0.2, -0.15) is 0 Å². The summed E-state index contributed by atoms with van der Waals surface area (Å²) in [6.45, 7) is 8.46. The Morgan fingerprint density at radius 2 is 1.97 bits per heavy atom. The second kappa shape index (κ2) is 8.19. The number of ketones is 1. The molecule has 1 aliphatic carbocycles. The molecule has 0 amide bonds. The molecule has 1 aliphatic heterocycles. The summed E-state index contributed by atoms with van der Waals surface area (Å²) in [6, 6.07) is 7.59. The number of thioether (sulfide) groups is 1.